The summed E-state index contributed by atoms with van der Waals surface area (Å²) in [7, 11) is 1.24. The molecule has 0 saturated carbocycles. The van der Waals surface area contributed by atoms with E-state index in [1.165, 1.54) is 13.2 Å². The van der Waals surface area contributed by atoms with Crippen molar-refractivity contribution in [2.75, 3.05) is 7.11 Å². The normalized spacial score (nSPS) is 10.6. The average Bonchev–Trinajstić information content (AvgIpc) is 2.27. The van der Waals surface area contributed by atoms with E-state index in [0.717, 1.165) is 5.56 Å². The summed E-state index contributed by atoms with van der Waals surface area (Å²) in [5.74, 6) is -0.639. The van der Waals surface area contributed by atoms with E-state index in [9.17, 15) is 4.79 Å². The number of carbonyl (C=O) groups excluding carboxylic acids is 1. The number of ether oxygens (including phenoxy) is 1. The van der Waals surface area contributed by atoms with E-state index in [-0.39, 0.29) is 5.70 Å². The lowest BCUT2D eigenvalue weighted by Crippen LogP contribution is -2.00. The van der Waals surface area contributed by atoms with E-state index in [2.05, 4.69) is 9.58 Å². The third-order valence-corrected chi connectivity index (χ3v) is 1.94. The molecule has 0 radical (unpaired) electrons. The second-order valence-electron chi connectivity index (χ2n) is 2.68. The van der Waals surface area contributed by atoms with Crippen LogP contribution in [-0.2, 0) is 9.53 Å². The van der Waals surface area contributed by atoms with Crippen molar-refractivity contribution in [3.05, 3.63) is 52.0 Å². The summed E-state index contributed by atoms with van der Waals surface area (Å²) in [6.07, 6.45) is 1.45. The predicted octanol–water partition coefficient (Wildman–Crippen LogP) is 2.77. The van der Waals surface area contributed by atoms with Crippen LogP contribution in [0.25, 0.3) is 10.9 Å². The van der Waals surface area contributed by atoms with Crippen molar-refractivity contribution in [1.29, 1.82) is 0 Å². The van der Waals surface area contributed by atoms with Crippen LogP contribution in [0.1, 0.15) is 5.56 Å². The Morgan fingerprint density at radius 1 is 1.47 bits per heavy atom. The minimum absolute atomic E-state index is 0.0557. The number of esters is 1. The molecule has 0 saturated heterocycles. The maximum Gasteiger partial charge on any atom is 0.336 e. The number of carbonyl (C=O) groups is 1. The Hall–Kier alpha value is -1.79. The molecule has 0 atom stereocenters. The van der Waals surface area contributed by atoms with Crippen molar-refractivity contribution in [3.8, 4) is 0 Å². The third kappa shape index (κ3) is 3.12. The first-order valence-electron chi connectivity index (χ1n) is 4.10. The van der Waals surface area contributed by atoms with Gasteiger partial charge in [-0.2, -0.15) is 0 Å². The van der Waals surface area contributed by atoms with Gasteiger partial charge in [0.25, 0.3) is 5.70 Å². The van der Waals surface area contributed by atoms with Gasteiger partial charge in [0.1, 0.15) is 0 Å². The largest absolute Gasteiger partial charge is 0.474 e. The first kappa shape index (κ1) is 11.3. The summed E-state index contributed by atoms with van der Waals surface area (Å²) in [5, 5.41) is 0.606. The molecule has 1 aromatic rings. The molecule has 0 aliphatic carbocycles. The van der Waals surface area contributed by atoms with E-state index in [1.54, 1.807) is 24.3 Å². The molecular weight excluding hydrogens is 214 g/mol. The van der Waals surface area contributed by atoms with Crippen LogP contribution in [0.3, 0.4) is 0 Å². The van der Waals surface area contributed by atoms with Gasteiger partial charge in [-0.1, -0.05) is 23.7 Å². The number of halogens is 1. The molecule has 0 aliphatic heterocycles. The van der Waals surface area contributed by atoms with E-state index < -0.39 is 5.97 Å². The lowest BCUT2D eigenvalue weighted by atomic mass is 10.2. The van der Waals surface area contributed by atoms with Gasteiger partial charge in [0.05, 0.1) is 13.7 Å². The molecule has 0 amide bonds. The molecule has 0 spiro atoms. The summed E-state index contributed by atoms with van der Waals surface area (Å²) in [6, 6.07) is 6.81. The van der Waals surface area contributed by atoms with Gasteiger partial charge in [-0.15, -0.1) is 0 Å². The van der Waals surface area contributed by atoms with Crippen molar-refractivity contribution >= 4 is 23.6 Å². The fourth-order valence-electron chi connectivity index (χ4n) is 0.958. The van der Waals surface area contributed by atoms with Crippen LogP contribution in [0.15, 0.2) is 30.0 Å². The fraction of sp³-hybridized carbons (Fsp3) is 0.0909. The Kier molecular flexibility index (Phi) is 3.90. The standard InChI is InChI=1S/C11H8ClNO2/c1-13-10(11(14)15-2)7-8-3-5-9(12)6-4-8/h3-7H,2H3. The average molecular weight is 222 g/mol. The van der Waals surface area contributed by atoms with Crippen molar-refractivity contribution in [1.82, 2.24) is 0 Å². The molecule has 1 rings (SSSR count). The van der Waals surface area contributed by atoms with Crippen molar-refractivity contribution < 1.29 is 9.53 Å². The number of hydrogen-bond donors (Lipinski definition) is 0. The van der Waals surface area contributed by atoms with Gasteiger partial charge in [-0.3, -0.25) is 4.79 Å². The number of nitrogens with zero attached hydrogens (tertiary/aromatic N) is 1. The molecule has 4 heteroatoms. The van der Waals surface area contributed by atoms with Crippen LogP contribution in [0.2, 0.25) is 5.02 Å². The maximum atomic E-state index is 11.1. The van der Waals surface area contributed by atoms with Crippen LogP contribution in [-0.4, -0.2) is 13.1 Å². The van der Waals surface area contributed by atoms with Gasteiger partial charge >= 0.3 is 5.97 Å². The van der Waals surface area contributed by atoms with Crippen LogP contribution < -0.4 is 0 Å². The van der Waals surface area contributed by atoms with Crippen LogP contribution in [0.4, 0.5) is 0 Å². The van der Waals surface area contributed by atoms with Crippen molar-refractivity contribution in [2.24, 2.45) is 0 Å². The molecule has 15 heavy (non-hydrogen) atoms. The highest BCUT2D eigenvalue weighted by molar-refractivity contribution is 6.30. The summed E-state index contributed by atoms with van der Waals surface area (Å²) in [6.45, 7) is 6.82. The molecule has 76 valence electrons. The van der Waals surface area contributed by atoms with E-state index in [4.69, 9.17) is 18.2 Å². The Morgan fingerprint density at radius 3 is 2.53 bits per heavy atom. The highest BCUT2D eigenvalue weighted by atomic mass is 35.5. The first-order chi connectivity index (χ1) is 7.17. The smallest absolute Gasteiger partial charge is 0.336 e. The molecular formula is C11H8ClNO2. The second kappa shape index (κ2) is 5.18. The summed E-state index contributed by atoms with van der Waals surface area (Å²) >= 11 is 5.70. The van der Waals surface area contributed by atoms with E-state index in [0.29, 0.717) is 5.02 Å². The number of methoxy groups -OCH3 is 1. The topological polar surface area (TPSA) is 30.7 Å². The maximum absolute atomic E-state index is 11.1. The monoisotopic (exact) mass is 221 g/mol. The molecule has 0 aromatic heterocycles. The quantitative estimate of drug-likeness (QED) is 0.437. The Balaban J connectivity index is 3.00. The molecule has 0 bridgehead atoms. The zero-order chi connectivity index (χ0) is 11.3. The number of hydrogen-bond acceptors (Lipinski definition) is 2. The predicted molar refractivity (Wildman–Crippen MR) is 58.0 cm³/mol. The molecule has 0 unspecified atom stereocenters. The fourth-order valence-corrected chi connectivity index (χ4v) is 1.08. The molecule has 3 nitrogen and oxygen atoms in total. The molecule has 1 aromatic carbocycles. The van der Waals surface area contributed by atoms with Gasteiger partial charge in [0.15, 0.2) is 0 Å². The van der Waals surface area contributed by atoms with Gasteiger partial charge in [-0.05, 0) is 23.8 Å². The zero-order valence-electron chi connectivity index (χ0n) is 8.03. The lowest BCUT2D eigenvalue weighted by Gasteiger charge is -1.97. The van der Waals surface area contributed by atoms with Crippen LogP contribution in [0.5, 0.6) is 0 Å². The highest BCUT2D eigenvalue weighted by Crippen LogP contribution is 2.13. The Bertz CT molecular complexity index is 429. The number of benzene rings is 1. The second-order valence-corrected chi connectivity index (χ2v) is 3.12. The van der Waals surface area contributed by atoms with Crippen LogP contribution in [0, 0.1) is 6.57 Å². The third-order valence-electron chi connectivity index (χ3n) is 1.69. The van der Waals surface area contributed by atoms with E-state index in [1.807, 2.05) is 0 Å². The van der Waals surface area contributed by atoms with Crippen molar-refractivity contribution in [3.63, 3.8) is 0 Å². The summed E-state index contributed by atoms with van der Waals surface area (Å²) in [4.78, 5) is 14.2. The first-order valence-corrected chi connectivity index (χ1v) is 4.48. The molecule has 0 heterocycles. The van der Waals surface area contributed by atoms with Gasteiger partial charge in [0.2, 0.25) is 0 Å². The summed E-state index contributed by atoms with van der Waals surface area (Å²) < 4.78 is 4.45. The Labute approximate surface area is 92.7 Å². The minimum atomic E-state index is -0.639. The van der Waals surface area contributed by atoms with Crippen LogP contribution >= 0.6 is 11.6 Å². The Morgan fingerprint density at radius 2 is 2.07 bits per heavy atom. The SMILES string of the molecule is [C-]#[N+]C(=Cc1ccc(Cl)cc1)C(=O)OC. The van der Waals surface area contributed by atoms with Gasteiger partial charge in [-0.25, -0.2) is 4.85 Å². The van der Waals surface area contributed by atoms with Gasteiger partial charge < -0.3 is 4.74 Å². The highest BCUT2D eigenvalue weighted by Gasteiger charge is 2.08. The van der Waals surface area contributed by atoms with Gasteiger partial charge in [0, 0.05) is 5.02 Å². The minimum Gasteiger partial charge on any atom is -0.474 e. The van der Waals surface area contributed by atoms with Crippen molar-refractivity contribution in [2.45, 2.75) is 0 Å². The zero-order valence-corrected chi connectivity index (χ0v) is 8.78. The van der Waals surface area contributed by atoms with E-state index >= 15 is 0 Å². The molecule has 0 N–H and O–H groups in total. The lowest BCUT2D eigenvalue weighted by molar-refractivity contribution is -0.135. The molecule has 0 fully saturated rings. The number of rotatable bonds is 2. The summed E-state index contributed by atoms with van der Waals surface area (Å²) in [5.41, 5.74) is 0.677. The molecule has 0 aliphatic rings.